The Morgan fingerprint density at radius 1 is 1.19 bits per heavy atom. The standard InChI is InChI=1S/C21H21F4N5O2/c1-28-12-14(11-27-28)13-8-15-16(9-13)26-3-2-17(15)29-4-6-30(7-5-29)19(31)32-18-10-20(22,23)21(18,24)25/h2-3,8,11-12,18H,4-7,9-10H2,1H3/t18-/m0/s1. The number of aryl methyl sites for hydroxylation is 1. The number of fused-ring (bicyclic) bond motifs is 1. The Labute approximate surface area is 181 Å². The summed E-state index contributed by atoms with van der Waals surface area (Å²) < 4.78 is 59.2. The van der Waals surface area contributed by atoms with Crippen LogP contribution in [0.2, 0.25) is 0 Å². The van der Waals surface area contributed by atoms with Crippen LogP contribution in [0.3, 0.4) is 0 Å². The van der Waals surface area contributed by atoms with Crippen LogP contribution in [0.5, 0.6) is 0 Å². The van der Waals surface area contributed by atoms with Crippen LogP contribution in [0.1, 0.15) is 23.2 Å². The topological polar surface area (TPSA) is 63.5 Å². The number of nitrogens with zero attached hydrogens (tertiary/aromatic N) is 5. The highest BCUT2D eigenvalue weighted by Gasteiger charge is 2.74. The van der Waals surface area contributed by atoms with Gasteiger partial charge in [0.25, 0.3) is 0 Å². The summed E-state index contributed by atoms with van der Waals surface area (Å²) in [6, 6.07) is 1.91. The molecule has 1 saturated heterocycles. The first-order chi connectivity index (χ1) is 15.2. The molecule has 170 valence electrons. The zero-order valence-corrected chi connectivity index (χ0v) is 17.3. The minimum atomic E-state index is -4.32. The Bertz CT molecular complexity index is 1090. The van der Waals surface area contributed by atoms with Gasteiger partial charge in [-0.15, -0.1) is 0 Å². The van der Waals surface area contributed by atoms with Crippen LogP contribution >= 0.6 is 0 Å². The molecule has 32 heavy (non-hydrogen) atoms. The van der Waals surface area contributed by atoms with Crippen LogP contribution in [-0.4, -0.2) is 69.9 Å². The Balaban J connectivity index is 1.24. The molecule has 3 aliphatic rings. The van der Waals surface area contributed by atoms with Crippen molar-refractivity contribution in [2.24, 2.45) is 7.05 Å². The average molecular weight is 451 g/mol. The predicted molar refractivity (Wildman–Crippen MR) is 108 cm³/mol. The molecule has 2 aromatic rings. The lowest BCUT2D eigenvalue weighted by Crippen LogP contribution is -2.64. The molecule has 0 unspecified atom stereocenters. The number of allylic oxidation sites excluding steroid dienone is 1. The largest absolute Gasteiger partial charge is 0.439 e. The number of ether oxygens (including phenoxy) is 1. The van der Waals surface area contributed by atoms with Gasteiger partial charge < -0.3 is 14.5 Å². The van der Waals surface area contributed by atoms with Crippen molar-refractivity contribution in [3.05, 3.63) is 41.5 Å². The maximum absolute atomic E-state index is 13.4. The normalized spacial score (nSPS) is 23.4. The summed E-state index contributed by atoms with van der Waals surface area (Å²) in [4.78, 5) is 20.1. The number of rotatable bonds is 3. The number of carbonyl (C=O) groups is 1. The van der Waals surface area contributed by atoms with Crippen molar-refractivity contribution < 1.29 is 27.1 Å². The highest BCUT2D eigenvalue weighted by atomic mass is 19.3. The second-order valence-corrected chi connectivity index (χ2v) is 8.32. The van der Waals surface area contributed by atoms with E-state index >= 15 is 0 Å². The first-order valence-electron chi connectivity index (χ1n) is 10.3. The van der Waals surface area contributed by atoms with Crippen molar-refractivity contribution in [3.63, 3.8) is 0 Å². The van der Waals surface area contributed by atoms with E-state index in [1.54, 1.807) is 10.9 Å². The number of pyridine rings is 1. The first-order valence-corrected chi connectivity index (χ1v) is 10.3. The number of anilines is 1. The fourth-order valence-corrected chi connectivity index (χ4v) is 4.30. The number of hydrogen-bond donors (Lipinski definition) is 0. The van der Waals surface area contributed by atoms with Crippen molar-refractivity contribution in [1.29, 1.82) is 0 Å². The van der Waals surface area contributed by atoms with Crippen LogP contribution in [0.4, 0.5) is 28.0 Å². The van der Waals surface area contributed by atoms with E-state index < -0.39 is 30.5 Å². The van der Waals surface area contributed by atoms with Gasteiger partial charge >= 0.3 is 17.9 Å². The van der Waals surface area contributed by atoms with Crippen molar-refractivity contribution in [2.45, 2.75) is 30.8 Å². The number of amides is 1. The molecule has 2 fully saturated rings. The summed E-state index contributed by atoms with van der Waals surface area (Å²) in [5.41, 5.74) is 5.10. The third kappa shape index (κ3) is 3.30. The molecule has 1 atom stereocenters. The zero-order chi connectivity index (χ0) is 22.7. The number of piperazine rings is 1. The molecule has 0 bridgehead atoms. The highest BCUT2D eigenvalue weighted by molar-refractivity contribution is 5.91. The number of hydrogen-bond acceptors (Lipinski definition) is 5. The summed E-state index contributed by atoms with van der Waals surface area (Å²) in [6.07, 6.45) is 4.07. The smallest absolute Gasteiger partial charge is 0.410 e. The third-order valence-corrected chi connectivity index (χ3v) is 6.26. The molecule has 1 amide bonds. The van der Waals surface area contributed by atoms with Gasteiger partial charge in [0.2, 0.25) is 0 Å². The lowest BCUT2D eigenvalue weighted by molar-refractivity contribution is -0.330. The molecule has 2 aromatic heterocycles. The fourth-order valence-electron chi connectivity index (χ4n) is 4.30. The van der Waals surface area contributed by atoms with E-state index in [1.165, 1.54) is 4.90 Å². The maximum Gasteiger partial charge on any atom is 0.410 e. The summed E-state index contributed by atoms with van der Waals surface area (Å²) in [5, 5.41) is 4.22. The minimum Gasteiger partial charge on any atom is -0.439 e. The summed E-state index contributed by atoms with van der Waals surface area (Å²) >= 11 is 0. The van der Waals surface area contributed by atoms with Crippen molar-refractivity contribution >= 4 is 23.4 Å². The van der Waals surface area contributed by atoms with Crippen LogP contribution in [0, 0.1) is 0 Å². The van der Waals surface area contributed by atoms with Crippen molar-refractivity contribution in [1.82, 2.24) is 19.7 Å². The van der Waals surface area contributed by atoms with Crippen LogP contribution in [0.15, 0.2) is 24.7 Å². The van der Waals surface area contributed by atoms with Gasteiger partial charge in [0.1, 0.15) is 0 Å². The number of carbonyl (C=O) groups excluding carboxylic acids is 1. The van der Waals surface area contributed by atoms with Gasteiger partial charge in [-0.1, -0.05) is 0 Å². The number of aromatic nitrogens is 3. The van der Waals surface area contributed by atoms with Gasteiger partial charge in [0.05, 0.1) is 18.3 Å². The first kappa shape index (κ1) is 20.8. The fraction of sp³-hybridized carbons (Fsp3) is 0.476. The number of alkyl halides is 4. The molecule has 1 aliphatic heterocycles. The van der Waals surface area contributed by atoms with Gasteiger partial charge in [-0.2, -0.15) is 22.7 Å². The zero-order valence-electron chi connectivity index (χ0n) is 17.3. The molecule has 0 N–H and O–H groups in total. The average Bonchev–Trinajstić information content (AvgIpc) is 3.39. The quantitative estimate of drug-likeness (QED) is 0.671. The molecular weight excluding hydrogens is 430 g/mol. The van der Waals surface area contributed by atoms with Crippen molar-refractivity contribution in [3.8, 4) is 0 Å². The van der Waals surface area contributed by atoms with Gasteiger partial charge in [-0.3, -0.25) is 9.67 Å². The van der Waals surface area contributed by atoms with E-state index in [9.17, 15) is 22.4 Å². The minimum absolute atomic E-state index is 0.240. The van der Waals surface area contributed by atoms with E-state index in [-0.39, 0.29) is 13.1 Å². The summed E-state index contributed by atoms with van der Waals surface area (Å²) in [7, 11) is 1.86. The Morgan fingerprint density at radius 3 is 2.56 bits per heavy atom. The van der Waals surface area contributed by atoms with Crippen LogP contribution < -0.4 is 4.90 Å². The molecule has 0 aromatic carbocycles. The molecule has 5 rings (SSSR count). The van der Waals surface area contributed by atoms with Crippen molar-refractivity contribution in [2.75, 3.05) is 31.1 Å². The van der Waals surface area contributed by atoms with E-state index in [0.717, 1.165) is 28.1 Å². The van der Waals surface area contributed by atoms with E-state index in [2.05, 4.69) is 25.8 Å². The van der Waals surface area contributed by atoms with Gasteiger partial charge in [0.15, 0.2) is 6.10 Å². The van der Waals surface area contributed by atoms with Gasteiger partial charge in [-0.05, 0) is 17.7 Å². The molecule has 2 aliphatic carbocycles. The van der Waals surface area contributed by atoms with Crippen LogP contribution in [-0.2, 0) is 18.2 Å². The SMILES string of the molecule is Cn1cc(C2=Cc3c(N4CCN(C(=O)O[C@H]5CC(F)(F)C5(F)F)CC4)ccnc3C2)cn1. The van der Waals surface area contributed by atoms with E-state index in [0.29, 0.717) is 19.5 Å². The van der Waals surface area contributed by atoms with Crippen LogP contribution in [0.25, 0.3) is 11.6 Å². The Hall–Kier alpha value is -3.11. The van der Waals surface area contributed by atoms with Gasteiger partial charge in [0, 0.05) is 68.9 Å². The lowest BCUT2D eigenvalue weighted by Gasteiger charge is -2.43. The monoisotopic (exact) mass is 451 g/mol. The predicted octanol–water partition coefficient (Wildman–Crippen LogP) is 3.21. The Kier molecular flexibility index (Phi) is 4.68. The highest BCUT2D eigenvalue weighted by Crippen LogP contribution is 2.52. The molecule has 1 saturated carbocycles. The second-order valence-electron chi connectivity index (χ2n) is 8.32. The maximum atomic E-state index is 13.4. The Morgan fingerprint density at radius 2 is 1.94 bits per heavy atom. The molecule has 0 radical (unpaired) electrons. The molecule has 11 heteroatoms. The molecule has 3 heterocycles. The third-order valence-electron chi connectivity index (χ3n) is 6.26. The number of halogens is 4. The second kappa shape index (κ2) is 7.21. The lowest BCUT2D eigenvalue weighted by atomic mass is 9.85. The van der Waals surface area contributed by atoms with E-state index in [4.69, 9.17) is 0 Å². The molecular formula is C21H21F4N5O2. The summed E-state index contributed by atoms with van der Waals surface area (Å²) in [6.45, 7) is 1.39. The summed E-state index contributed by atoms with van der Waals surface area (Å²) in [5.74, 6) is -8.44. The van der Waals surface area contributed by atoms with E-state index in [1.807, 2.05) is 25.5 Å². The molecule has 7 nitrogen and oxygen atoms in total. The van der Waals surface area contributed by atoms with Gasteiger partial charge in [-0.25, -0.2) is 4.79 Å². The molecule has 0 spiro atoms.